The Bertz CT molecular complexity index is 713. The van der Waals surface area contributed by atoms with E-state index in [0.29, 0.717) is 0 Å². The number of amides is 1. The van der Waals surface area contributed by atoms with Gasteiger partial charge in [-0.2, -0.15) is 0 Å². The fourth-order valence-corrected chi connectivity index (χ4v) is 4.64. The second-order valence-electron chi connectivity index (χ2n) is 7.99. The Morgan fingerprint density at radius 2 is 1.39 bits per heavy atom. The van der Waals surface area contributed by atoms with Crippen LogP contribution in [0, 0.1) is 0 Å². The van der Waals surface area contributed by atoms with E-state index < -0.39 is 5.41 Å². The van der Waals surface area contributed by atoms with Crippen molar-refractivity contribution in [3.8, 4) is 0 Å². The quantitative estimate of drug-likeness (QED) is 0.774. The van der Waals surface area contributed by atoms with Crippen molar-refractivity contribution in [2.75, 3.05) is 32.7 Å². The highest BCUT2D eigenvalue weighted by Gasteiger charge is 2.47. The molecule has 0 radical (unpaired) electrons. The molecule has 5 heteroatoms. The third-order valence-electron chi connectivity index (χ3n) is 6.21. The molecule has 2 aliphatic rings. The molecular weight excluding hydrogens is 348 g/mol. The highest BCUT2D eigenvalue weighted by atomic mass is 16.2. The number of piperidine rings is 1. The minimum Gasteiger partial charge on any atom is -0.342 e. The van der Waals surface area contributed by atoms with Crippen LogP contribution in [0.5, 0.6) is 0 Å². The van der Waals surface area contributed by atoms with Crippen molar-refractivity contribution in [2.24, 2.45) is 0 Å². The summed E-state index contributed by atoms with van der Waals surface area (Å²) in [6.07, 6.45) is 10.3. The van der Waals surface area contributed by atoms with Crippen LogP contribution < -0.4 is 0 Å². The van der Waals surface area contributed by atoms with Crippen LogP contribution in [0.1, 0.15) is 49.9 Å². The molecule has 2 aromatic heterocycles. The lowest BCUT2D eigenvalue weighted by Gasteiger charge is -2.37. The maximum Gasteiger partial charge on any atom is 0.240 e. The average molecular weight is 379 g/mol. The number of carbonyl (C=O) groups is 1. The van der Waals surface area contributed by atoms with Crippen molar-refractivity contribution in [2.45, 2.75) is 43.9 Å². The van der Waals surface area contributed by atoms with E-state index in [1.807, 2.05) is 41.3 Å². The van der Waals surface area contributed by atoms with E-state index in [-0.39, 0.29) is 5.91 Å². The lowest BCUT2D eigenvalue weighted by atomic mass is 9.75. The second kappa shape index (κ2) is 8.82. The molecule has 0 unspecified atom stereocenters. The number of aromatic nitrogens is 2. The Hall–Kier alpha value is -2.27. The first-order valence-electron chi connectivity index (χ1n) is 10.7. The molecule has 2 saturated heterocycles. The molecule has 0 saturated carbocycles. The van der Waals surface area contributed by atoms with Gasteiger partial charge in [-0.15, -0.1) is 0 Å². The van der Waals surface area contributed by atoms with Crippen LogP contribution in [0.15, 0.2) is 48.8 Å². The Labute approximate surface area is 167 Å². The van der Waals surface area contributed by atoms with Crippen molar-refractivity contribution in [3.05, 3.63) is 60.2 Å². The summed E-state index contributed by atoms with van der Waals surface area (Å²) in [5.74, 6) is 0.166. The van der Waals surface area contributed by atoms with Gasteiger partial charge in [-0.05, 0) is 76.0 Å². The van der Waals surface area contributed by atoms with Gasteiger partial charge in [0, 0.05) is 25.5 Å². The first kappa shape index (κ1) is 19.1. The van der Waals surface area contributed by atoms with Gasteiger partial charge >= 0.3 is 0 Å². The number of nitrogens with zero attached hydrogens (tertiary/aromatic N) is 4. The monoisotopic (exact) mass is 378 g/mol. The normalized spacial score (nSPS) is 18.4. The number of rotatable bonds is 6. The summed E-state index contributed by atoms with van der Waals surface area (Å²) in [4.78, 5) is 27.9. The van der Waals surface area contributed by atoms with E-state index in [9.17, 15) is 4.79 Å². The molecule has 28 heavy (non-hydrogen) atoms. The molecular formula is C23H30N4O. The Morgan fingerprint density at radius 1 is 0.821 bits per heavy atom. The Morgan fingerprint density at radius 3 is 1.93 bits per heavy atom. The lowest BCUT2D eigenvalue weighted by Crippen LogP contribution is -2.49. The SMILES string of the molecule is O=C(N1CCCC1)C(CCN1CCCCC1)(c1ccccn1)c1ccccn1. The predicted octanol–water partition coefficient (Wildman–Crippen LogP) is 3.26. The van der Waals surface area contributed by atoms with Crippen LogP contribution in [0.2, 0.25) is 0 Å². The summed E-state index contributed by atoms with van der Waals surface area (Å²) in [5, 5.41) is 0. The minimum atomic E-state index is -0.815. The van der Waals surface area contributed by atoms with E-state index in [1.54, 1.807) is 12.4 Å². The molecule has 148 valence electrons. The molecule has 4 heterocycles. The van der Waals surface area contributed by atoms with E-state index in [0.717, 1.165) is 63.4 Å². The van der Waals surface area contributed by atoms with Crippen molar-refractivity contribution in [3.63, 3.8) is 0 Å². The second-order valence-corrected chi connectivity index (χ2v) is 7.99. The van der Waals surface area contributed by atoms with E-state index >= 15 is 0 Å². The minimum absolute atomic E-state index is 0.166. The zero-order chi connectivity index (χ0) is 19.2. The summed E-state index contributed by atoms with van der Waals surface area (Å²) in [6.45, 7) is 4.82. The van der Waals surface area contributed by atoms with Crippen molar-refractivity contribution >= 4 is 5.91 Å². The molecule has 0 N–H and O–H groups in total. The van der Waals surface area contributed by atoms with Gasteiger partial charge in [-0.25, -0.2) is 0 Å². The first-order valence-corrected chi connectivity index (χ1v) is 10.7. The van der Waals surface area contributed by atoms with Gasteiger partial charge in [0.25, 0.3) is 0 Å². The van der Waals surface area contributed by atoms with Crippen molar-refractivity contribution in [1.82, 2.24) is 19.8 Å². The van der Waals surface area contributed by atoms with Gasteiger partial charge in [0.15, 0.2) is 0 Å². The molecule has 2 aromatic rings. The van der Waals surface area contributed by atoms with Crippen LogP contribution in [0.4, 0.5) is 0 Å². The summed E-state index contributed by atoms with van der Waals surface area (Å²) >= 11 is 0. The molecule has 0 atom stereocenters. The zero-order valence-corrected chi connectivity index (χ0v) is 16.6. The maximum absolute atomic E-state index is 14.0. The molecule has 2 aliphatic heterocycles. The van der Waals surface area contributed by atoms with Crippen LogP contribution >= 0.6 is 0 Å². The fraction of sp³-hybridized carbons (Fsp3) is 0.522. The van der Waals surface area contributed by atoms with Crippen molar-refractivity contribution < 1.29 is 4.79 Å². The number of hydrogen-bond acceptors (Lipinski definition) is 4. The van der Waals surface area contributed by atoms with Gasteiger partial charge in [-0.3, -0.25) is 14.8 Å². The van der Waals surface area contributed by atoms with E-state index in [2.05, 4.69) is 14.9 Å². The number of likely N-dealkylation sites (tertiary alicyclic amines) is 2. The molecule has 0 spiro atoms. The third kappa shape index (κ3) is 3.81. The molecule has 0 aromatic carbocycles. The molecule has 0 bridgehead atoms. The van der Waals surface area contributed by atoms with E-state index in [4.69, 9.17) is 0 Å². The number of hydrogen-bond donors (Lipinski definition) is 0. The third-order valence-corrected chi connectivity index (χ3v) is 6.21. The summed E-state index contributed by atoms with van der Waals surface area (Å²) in [7, 11) is 0. The topological polar surface area (TPSA) is 49.3 Å². The zero-order valence-electron chi connectivity index (χ0n) is 16.6. The van der Waals surface area contributed by atoms with Gasteiger partial charge in [0.2, 0.25) is 5.91 Å². The molecule has 2 fully saturated rings. The summed E-state index contributed by atoms with van der Waals surface area (Å²) < 4.78 is 0. The van der Waals surface area contributed by atoms with Crippen LogP contribution in [-0.4, -0.2) is 58.4 Å². The standard InChI is InChI=1S/C23H30N4O/c28-22(27-17-8-9-18-27)23(20-10-2-4-13-24-20,21-11-3-5-14-25-21)12-19-26-15-6-1-7-16-26/h2-5,10-11,13-14H,1,6-9,12,15-19H2. The lowest BCUT2D eigenvalue weighted by molar-refractivity contribution is -0.135. The van der Waals surface area contributed by atoms with E-state index in [1.165, 1.54) is 19.3 Å². The first-order chi connectivity index (χ1) is 13.8. The fourth-order valence-electron chi connectivity index (χ4n) is 4.64. The van der Waals surface area contributed by atoms with Crippen LogP contribution in [0.25, 0.3) is 0 Å². The van der Waals surface area contributed by atoms with Crippen LogP contribution in [0.3, 0.4) is 0 Å². The van der Waals surface area contributed by atoms with Crippen LogP contribution in [-0.2, 0) is 10.2 Å². The summed E-state index contributed by atoms with van der Waals surface area (Å²) in [5.41, 5.74) is 0.829. The average Bonchev–Trinajstić information content (AvgIpc) is 3.31. The highest BCUT2D eigenvalue weighted by Crippen LogP contribution is 2.37. The van der Waals surface area contributed by atoms with Gasteiger partial charge in [0.05, 0.1) is 11.4 Å². The van der Waals surface area contributed by atoms with Gasteiger partial charge < -0.3 is 9.80 Å². The number of pyridine rings is 2. The Balaban J connectivity index is 1.75. The van der Waals surface area contributed by atoms with Gasteiger partial charge in [0.1, 0.15) is 5.41 Å². The molecule has 1 amide bonds. The maximum atomic E-state index is 14.0. The largest absolute Gasteiger partial charge is 0.342 e. The molecule has 5 nitrogen and oxygen atoms in total. The molecule has 4 rings (SSSR count). The van der Waals surface area contributed by atoms with Gasteiger partial charge in [-0.1, -0.05) is 18.6 Å². The smallest absolute Gasteiger partial charge is 0.240 e. The number of carbonyl (C=O) groups excluding carboxylic acids is 1. The Kier molecular flexibility index (Phi) is 6.01. The highest BCUT2D eigenvalue weighted by molar-refractivity contribution is 5.91. The summed E-state index contributed by atoms with van der Waals surface area (Å²) in [6, 6.07) is 11.8. The molecule has 0 aliphatic carbocycles. The van der Waals surface area contributed by atoms with Crippen molar-refractivity contribution in [1.29, 1.82) is 0 Å². The predicted molar refractivity (Wildman–Crippen MR) is 110 cm³/mol.